The van der Waals surface area contributed by atoms with Crippen molar-refractivity contribution in [2.45, 2.75) is 60.4 Å². The molecule has 0 aliphatic heterocycles. The molecule has 0 radical (unpaired) electrons. The molecule has 26 heavy (non-hydrogen) atoms. The summed E-state index contributed by atoms with van der Waals surface area (Å²) in [5.41, 5.74) is 1.86. The summed E-state index contributed by atoms with van der Waals surface area (Å²) >= 11 is 0. The minimum atomic E-state index is -2.95. The monoisotopic (exact) mass is 386 g/mol. The van der Waals surface area contributed by atoms with E-state index in [9.17, 15) is 8.42 Å². The van der Waals surface area contributed by atoms with E-state index in [0.29, 0.717) is 25.5 Å². The van der Waals surface area contributed by atoms with E-state index in [1.54, 1.807) is 0 Å². The fraction of sp³-hybridized carbons (Fsp3) is 0.778. The Balaban J connectivity index is 2.76. The molecule has 150 valence electrons. The number of aryl methyl sites for hydroxylation is 2. The zero-order valence-electron chi connectivity index (χ0n) is 17.0. The lowest BCUT2D eigenvalue weighted by Crippen LogP contribution is -2.42. The summed E-state index contributed by atoms with van der Waals surface area (Å²) in [5.74, 6) is 1.79. The van der Waals surface area contributed by atoms with E-state index >= 15 is 0 Å². The van der Waals surface area contributed by atoms with Crippen LogP contribution in [0.4, 0.5) is 0 Å². The van der Waals surface area contributed by atoms with Crippen LogP contribution in [-0.2, 0) is 29.2 Å². The normalized spacial score (nSPS) is 13.1. The number of aliphatic imine (C=N–C) groups is 1. The van der Waals surface area contributed by atoms with Gasteiger partial charge in [0.1, 0.15) is 15.6 Å². The molecule has 0 aliphatic carbocycles. The minimum Gasteiger partial charge on any atom is -0.361 e. The molecule has 0 saturated carbocycles. The molecule has 0 unspecified atom stereocenters. The van der Waals surface area contributed by atoms with Gasteiger partial charge in [-0.2, -0.15) is 0 Å². The third-order valence-electron chi connectivity index (χ3n) is 4.23. The molecule has 0 fully saturated rings. The predicted octanol–water partition coefficient (Wildman–Crippen LogP) is 2.32. The number of aromatic nitrogens is 1. The van der Waals surface area contributed by atoms with Gasteiger partial charge in [0, 0.05) is 31.3 Å². The van der Waals surface area contributed by atoms with E-state index in [1.807, 2.05) is 13.8 Å². The van der Waals surface area contributed by atoms with Crippen molar-refractivity contribution >= 4 is 15.8 Å². The second kappa shape index (κ2) is 9.94. The summed E-state index contributed by atoms with van der Waals surface area (Å²) in [4.78, 5) is 4.66. The van der Waals surface area contributed by atoms with E-state index in [2.05, 4.69) is 41.6 Å². The van der Waals surface area contributed by atoms with Gasteiger partial charge in [0.15, 0.2) is 5.96 Å². The van der Waals surface area contributed by atoms with Gasteiger partial charge < -0.3 is 15.2 Å². The predicted molar refractivity (Wildman–Crippen MR) is 106 cm³/mol. The lowest BCUT2D eigenvalue weighted by Gasteiger charge is -2.25. The molecule has 0 amide bonds. The molecule has 1 rings (SSSR count). The van der Waals surface area contributed by atoms with Crippen LogP contribution in [0.15, 0.2) is 9.52 Å². The van der Waals surface area contributed by atoms with Crippen molar-refractivity contribution in [2.75, 3.05) is 25.1 Å². The zero-order chi connectivity index (χ0) is 19.8. The number of nitrogens with zero attached hydrogens (tertiary/aromatic N) is 2. The quantitative estimate of drug-likeness (QED) is 0.473. The molecule has 0 aromatic carbocycles. The molecule has 1 aromatic rings. The smallest absolute Gasteiger partial charge is 0.191 e. The Bertz CT molecular complexity index is 672. The maximum absolute atomic E-state index is 11.4. The number of nitrogens with one attached hydrogen (secondary N) is 2. The zero-order valence-corrected chi connectivity index (χ0v) is 17.8. The third kappa shape index (κ3) is 7.76. The number of rotatable bonds is 10. The van der Waals surface area contributed by atoms with Gasteiger partial charge in [-0.15, -0.1) is 0 Å². The second-order valence-electron chi connectivity index (χ2n) is 7.33. The highest BCUT2D eigenvalue weighted by molar-refractivity contribution is 7.90. The minimum absolute atomic E-state index is 0.153. The number of guanidine groups is 1. The van der Waals surface area contributed by atoms with Crippen molar-refractivity contribution in [3.63, 3.8) is 0 Å². The first-order chi connectivity index (χ1) is 12.1. The molecule has 0 saturated heterocycles. The summed E-state index contributed by atoms with van der Waals surface area (Å²) in [6.45, 7) is 12.1. The molecule has 0 spiro atoms. The van der Waals surface area contributed by atoms with Crippen molar-refractivity contribution in [1.82, 2.24) is 15.8 Å². The first-order valence-electron chi connectivity index (χ1n) is 9.28. The van der Waals surface area contributed by atoms with Crippen LogP contribution in [0.3, 0.4) is 0 Å². The maximum Gasteiger partial charge on any atom is 0.191 e. The van der Waals surface area contributed by atoms with Gasteiger partial charge in [0.05, 0.1) is 18.0 Å². The van der Waals surface area contributed by atoms with Crippen molar-refractivity contribution in [3.05, 3.63) is 17.0 Å². The molecular weight excluding hydrogens is 352 g/mol. The van der Waals surface area contributed by atoms with Gasteiger partial charge in [-0.3, -0.25) is 0 Å². The van der Waals surface area contributed by atoms with Crippen molar-refractivity contribution in [3.8, 4) is 0 Å². The molecule has 0 atom stereocenters. The first kappa shape index (κ1) is 22.5. The largest absolute Gasteiger partial charge is 0.361 e. The number of sulfone groups is 1. The number of hydrogen-bond acceptors (Lipinski definition) is 5. The summed E-state index contributed by atoms with van der Waals surface area (Å²) in [6, 6.07) is 0. The second-order valence-corrected chi connectivity index (χ2v) is 9.59. The Morgan fingerprint density at radius 2 is 1.88 bits per heavy atom. The van der Waals surface area contributed by atoms with Crippen LogP contribution in [0, 0.1) is 5.41 Å². The van der Waals surface area contributed by atoms with Crippen LogP contribution < -0.4 is 10.6 Å². The van der Waals surface area contributed by atoms with Gasteiger partial charge >= 0.3 is 0 Å². The van der Waals surface area contributed by atoms with Gasteiger partial charge in [0.25, 0.3) is 0 Å². The average Bonchev–Trinajstić information content (AvgIpc) is 2.97. The van der Waals surface area contributed by atoms with E-state index in [-0.39, 0.29) is 11.2 Å². The highest BCUT2D eigenvalue weighted by Crippen LogP contribution is 2.20. The Morgan fingerprint density at radius 1 is 1.19 bits per heavy atom. The standard InChI is InChI=1S/C18H34N4O3S/c1-7-15-14(16(8-2)25-22-15)12-20-17(19-9-3)21-13-18(4,5)10-11-26(6,23)24/h7-13H2,1-6H3,(H2,19,20,21). The topological polar surface area (TPSA) is 96.6 Å². The molecule has 1 heterocycles. The van der Waals surface area contributed by atoms with Gasteiger partial charge in [-0.25, -0.2) is 13.4 Å². The van der Waals surface area contributed by atoms with Gasteiger partial charge in [-0.05, 0) is 25.2 Å². The Hall–Kier alpha value is -1.57. The SMILES string of the molecule is CCNC(=NCc1c(CC)noc1CC)NCC(C)(C)CCS(C)(=O)=O. The van der Waals surface area contributed by atoms with E-state index < -0.39 is 9.84 Å². The van der Waals surface area contributed by atoms with Crippen molar-refractivity contribution in [1.29, 1.82) is 0 Å². The summed E-state index contributed by atoms with van der Waals surface area (Å²) in [6.07, 6.45) is 3.48. The lowest BCUT2D eigenvalue weighted by molar-refractivity contribution is 0.348. The molecule has 2 N–H and O–H groups in total. The molecule has 8 heteroatoms. The van der Waals surface area contributed by atoms with E-state index in [1.165, 1.54) is 6.26 Å². The summed E-state index contributed by atoms with van der Waals surface area (Å²) < 4.78 is 28.2. The molecule has 0 aliphatic rings. The highest BCUT2D eigenvalue weighted by atomic mass is 32.2. The highest BCUT2D eigenvalue weighted by Gasteiger charge is 2.21. The molecule has 1 aromatic heterocycles. The summed E-state index contributed by atoms with van der Waals surface area (Å²) in [7, 11) is -2.95. The van der Waals surface area contributed by atoms with E-state index in [4.69, 9.17) is 4.52 Å². The average molecular weight is 387 g/mol. The van der Waals surface area contributed by atoms with Crippen LogP contribution in [0.5, 0.6) is 0 Å². The number of hydrogen-bond donors (Lipinski definition) is 2. The maximum atomic E-state index is 11.4. The van der Waals surface area contributed by atoms with Gasteiger partial charge in [0.2, 0.25) is 0 Å². The van der Waals surface area contributed by atoms with Crippen molar-refractivity contribution < 1.29 is 12.9 Å². The van der Waals surface area contributed by atoms with E-state index in [0.717, 1.165) is 36.4 Å². The van der Waals surface area contributed by atoms with Crippen molar-refractivity contribution in [2.24, 2.45) is 10.4 Å². The van der Waals surface area contributed by atoms with Crippen LogP contribution in [0.25, 0.3) is 0 Å². The van der Waals surface area contributed by atoms with Crippen LogP contribution in [-0.4, -0.2) is 44.6 Å². The Kier molecular flexibility index (Phi) is 8.59. The Labute approximate surface area is 157 Å². The first-order valence-corrected chi connectivity index (χ1v) is 11.3. The third-order valence-corrected chi connectivity index (χ3v) is 5.18. The molecule has 7 nitrogen and oxygen atoms in total. The fourth-order valence-corrected chi connectivity index (χ4v) is 3.41. The molecule has 0 bridgehead atoms. The fourth-order valence-electron chi connectivity index (χ4n) is 2.49. The van der Waals surface area contributed by atoms with Crippen LogP contribution in [0.2, 0.25) is 0 Å². The Morgan fingerprint density at radius 3 is 2.42 bits per heavy atom. The summed E-state index contributed by atoms with van der Waals surface area (Å²) in [5, 5.41) is 10.7. The van der Waals surface area contributed by atoms with Gasteiger partial charge in [-0.1, -0.05) is 32.9 Å². The van der Waals surface area contributed by atoms with Crippen LogP contribution in [0.1, 0.15) is 58.1 Å². The molecular formula is C18H34N4O3S. The van der Waals surface area contributed by atoms with Crippen LogP contribution >= 0.6 is 0 Å². The lowest BCUT2D eigenvalue weighted by atomic mass is 9.90.